The van der Waals surface area contributed by atoms with Gasteiger partial charge in [0.2, 0.25) is 0 Å². The summed E-state index contributed by atoms with van der Waals surface area (Å²) in [6.45, 7) is 0.830. The molecule has 3 rings (SSSR count). The maximum absolute atomic E-state index is 5.36. The lowest BCUT2D eigenvalue weighted by Crippen LogP contribution is -2.39. The van der Waals surface area contributed by atoms with Crippen molar-refractivity contribution in [1.82, 2.24) is 15.1 Å². The molecule has 1 N–H and O–H groups in total. The van der Waals surface area contributed by atoms with Crippen LogP contribution in [0.5, 0.6) is 0 Å². The van der Waals surface area contributed by atoms with E-state index < -0.39 is 0 Å². The predicted octanol–water partition coefficient (Wildman–Crippen LogP) is 1.81. The van der Waals surface area contributed by atoms with Crippen molar-refractivity contribution >= 4 is 0 Å². The zero-order valence-electron chi connectivity index (χ0n) is 11.4. The van der Waals surface area contributed by atoms with E-state index in [0.29, 0.717) is 12.1 Å². The van der Waals surface area contributed by atoms with Gasteiger partial charge in [0, 0.05) is 37.5 Å². The molecule has 2 unspecified atom stereocenters. The van der Waals surface area contributed by atoms with Gasteiger partial charge >= 0.3 is 0 Å². The molecular weight excluding hydrogens is 226 g/mol. The monoisotopic (exact) mass is 249 g/mol. The zero-order chi connectivity index (χ0) is 12.5. The second-order valence-electron chi connectivity index (χ2n) is 5.68. The highest BCUT2D eigenvalue weighted by Gasteiger charge is 2.34. The number of hydrogen-bond donors (Lipinski definition) is 1. The number of aromatic nitrogens is 2. The van der Waals surface area contributed by atoms with Crippen LogP contribution in [0.1, 0.15) is 43.0 Å². The lowest BCUT2D eigenvalue weighted by Gasteiger charge is -2.28. The molecule has 4 heteroatoms. The van der Waals surface area contributed by atoms with E-state index in [1.807, 2.05) is 10.9 Å². The zero-order valence-corrected chi connectivity index (χ0v) is 11.4. The van der Waals surface area contributed by atoms with Gasteiger partial charge in [0.15, 0.2) is 0 Å². The summed E-state index contributed by atoms with van der Waals surface area (Å²) in [5.74, 6) is 0.826. The van der Waals surface area contributed by atoms with Crippen LogP contribution < -0.4 is 5.32 Å². The highest BCUT2D eigenvalue weighted by atomic mass is 16.5. The smallest absolute Gasteiger partial charge is 0.0618 e. The summed E-state index contributed by atoms with van der Waals surface area (Å²) in [7, 11) is 3.85. The van der Waals surface area contributed by atoms with Crippen LogP contribution in [-0.2, 0) is 18.2 Å². The van der Waals surface area contributed by atoms with E-state index in [1.54, 1.807) is 7.11 Å². The quantitative estimate of drug-likeness (QED) is 0.865. The Morgan fingerprint density at radius 3 is 3.06 bits per heavy atom. The van der Waals surface area contributed by atoms with Crippen molar-refractivity contribution in [2.45, 2.75) is 44.2 Å². The maximum Gasteiger partial charge on any atom is 0.0618 e. The van der Waals surface area contributed by atoms with Crippen molar-refractivity contribution in [2.24, 2.45) is 13.0 Å². The van der Waals surface area contributed by atoms with Gasteiger partial charge < -0.3 is 10.1 Å². The van der Waals surface area contributed by atoms with Gasteiger partial charge in [0.1, 0.15) is 0 Å². The number of aryl methyl sites for hydroxylation is 1. The minimum atomic E-state index is 0.475. The van der Waals surface area contributed by atoms with Crippen molar-refractivity contribution in [3.63, 3.8) is 0 Å². The fraction of sp³-hybridized carbons (Fsp3) is 0.786. The van der Waals surface area contributed by atoms with E-state index in [-0.39, 0.29) is 0 Å². The summed E-state index contributed by atoms with van der Waals surface area (Å²) in [4.78, 5) is 0. The van der Waals surface area contributed by atoms with Gasteiger partial charge in [-0.05, 0) is 38.0 Å². The highest BCUT2D eigenvalue weighted by Crippen LogP contribution is 2.36. The van der Waals surface area contributed by atoms with Crippen LogP contribution in [0.2, 0.25) is 0 Å². The third-order valence-corrected chi connectivity index (χ3v) is 4.33. The summed E-state index contributed by atoms with van der Waals surface area (Å²) in [5, 5.41) is 8.22. The first-order valence-corrected chi connectivity index (χ1v) is 7.05. The normalized spacial score (nSPS) is 24.9. The molecule has 0 radical (unpaired) electrons. The van der Waals surface area contributed by atoms with Crippen molar-refractivity contribution in [3.05, 3.63) is 17.5 Å². The lowest BCUT2D eigenvalue weighted by atomic mass is 9.92. The van der Waals surface area contributed by atoms with E-state index in [2.05, 4.69) is 17.5 Å². The minimum Gasteiger partial charge on any atom is -0.383 e. The Morgan fingerprint density at radius 2 is 2.33 bits per heavy atom. The number of hydrogen-bond acceptors (Lipinski definition) is 3. The van der Waals surface area contributed by atoms with Crippen molar-refractivity contribution in [3.8, 4) is 0 Å². The Balaban J connectivity index is 1.72. The summed E-state index contributed by atoms with van der Waals surface area (Å²) in [6.07, 6.45) is 8.41. The largest absolute Gasteiger partial charge is 0.383 e. The van der Waals surface area contributed by atoms with E-state index in [9.17, 15) is 0 Å². The lowest BCUT2D eigenvalue weighted by molar-refractivity contribution is 0.149. The highest BCUT2D eigenvalue weighted by molar-refractivity contribution is 5.25. The van der Waals surface area contributed by atoms with Crippen LogP contribution in [0.15, 0.2) is 6.20 Å². The van der Waals surface area contributed by atoms with Crippen LogP contribution in [0.4, 0.5) is 0 Å². The average Bonchev–Trinajstić information content (AvgIpc) is 3.15. The molecule has 2 aliphatic carbocycles. The molecule has 0 aliphatic heterocycles. The number of fused-ring (bicyclic) bond motifs is 1. The second kappa shape index (κ2) is 5.02. The number of methoxy groups -OCH3 is 1. The van der Waals surface area contributed by atoms with E-state index in [1.165, 1.54) is 43.4 Å². The van der Waals surface area contributed by atoms with Gasteiger partial charge in [-0.25, -0.2) is 0 Å². The van der Waals surface area contributed by atoms with E-state index in [0.717, 1.165) is 12.5 Å². The standard InChI is InChI=1S/C14H23N3O/c1-17-14-5-3-4-12(11(14)8-15-17)16-13(9-18-2)10-6-7-10/h8,10,12-13,16H,3-7,9H2,1-2H3. The molecule has 18 heavy (non-hydrogen) atoms. The first-order chi connectivity index (χ1) is 8.79. The SMILES string of the molecule is COCC(NC1CCCc2c1cnn2C)C1CC1. The molecular formula is C14H23N3O. The summed E-state index contributed by atoms with van der Waals surface area (Å²) < 4.78 is 7.39. The number of rotatable bonds is 5. The first kappa shape index (κ1) is 12.2. The van der Waals surface area contributed by atoms with Gasteiger partial charge in [0.05, 0.1) is 12.8 Å². The van der Waals surface area contributed by atoms with Gasteiger partial charge in [-0.1, -0.05) is 0 Å². The average molecular weight is 249 g/mol. The van der Waals surface area contributed by atoms with Crippen LogP contribution in [0, 0.1) is 5.92 Å². The molecule has 2 aliphatic rings. The molecule has 2 atom stereocenters. The molecule has 0 bridgehead atoms. The van der Waals surface area contributed by atoms with Gasteiger partial charge in [0.25, 0.3) is 0 Å². The molecule has 0 saturated heterocycles. The topological polar surface area (TPSA) is 39.1 Å². The third-order valence-electron chi connectivity index (χ3n) is 4.33. The Kier molecular flexibility index (Phi) is 3.39. The Labute approximate surface area is 109 Å². The predicted molar refractivity (Wildman–Crippen MR) is 70.4 cm³/mol. The van der Waals surface area contributed by atoms with Crippen LogP contribution >= 0.6 is 0 Å². The summed E-state index contributed by atoms with van der Waals surface area (Å²) >= 11 is 0. The molecule has 0 amide bonds. The minimum absolute atomic E-state index is 0.475. The summed E-state index contributed by atoms with van der Waals surface area (Å²) in [5.41, 5.74) is 2.82. The fourth-order valence-electron chi connectivity index (χ4n) is 3.14. The fourth-order valence-corrected chi connectivity index (χ4v) is 3.14. The van der Waals surface area contributed by atoms with Crippen LogP contribution in [0.3, 0.4) is 0 Å². The van der Waals surface area contributed by atoms with Gasteiger partial charge in [-0.2, -0.15) is 5.10 Å². The molecule has 1 aromatic heterocycles. The molecule has 100 valence electrons. The second-order valence-corrected chi connectivity index (χ2v) is 5.68. The molecule has 4 nitrogen and oxygen atoms in total. The van der Waals surface area contributed by atoms with Gasteiger partial charge in [-0.3, -0.25) is 4.68 Å². The van der Waals surface area contributed by atoms with Crippen molar-refractivity contribution in [2.75, 3.05) is 13.7 Å². The molecule has 1 fully saturated rings. The first-order valence-electron chi connectivity index (χ1n) is 7.05. The van der Waals surface area contributed by atoms with Crippen molar-refractivity contribution < 1.29 is 4.74 Å². The Morgan fingerprint density at radius 1 is 1.50 bits per heavy atom. The Hall–Kier alpha value is -0.870. The van der Waals surface area contributed by atoms with Crippen LogP contribution in [0.25, 0.3) is 0 Å². The van der Waals surface area contributed by atoms with Crippen LogP contribution in [-0.4, -0.2) is 29.5 Å². The van der Waals surface area contributed by atoms with E-state index >= 15 is 0 Å². The number of nitrogens with zero attached hydrogens (tertiary/aromatic N) is 2. The molecule has 1 saturated carbocycles. The molecule has 0 spiro atoms. The third kappa shape index (κ3) is 2.31. The van der Waals surface area contributed by atoms with Gasteiger partial charge in [-0.15, -0.1) is 0 Å². The molecule has 1 heterocycles. The molecule has 1 aromatic rings. The Bertz CT molecular complexity index is 411. The number of ether oxygens (including phenoxy) is 1. The summed E-state index contributed by atoms with van der Waals surface area (Å²) in [6, 6.07) is 0.995. The van der Waals surface area contributed by atoms with Crippen molar-refractivity contribution in [1.29, 1.82) is 0 Å². The maximum atomic E-state index is 5.36. The number of nitrogens with one attached hydrogen (secondary N) is 1. The van der Waals surface area contributed by atoms with E-state index in [4.69, 9.17) is 4.74 Å². The molecule has 0 aromatic carbocycles.